The lowest BCUT2D eigenvalue weighted by molar-refractivity contribution is -0.517. The Balaban J connectivity index is 0.000000461. The van der Waals surface area contributed by atoms with Gasteiger partial charge in [0.15, 0.2) is 0 Å². The third kappa shape index (κ3) is 5.37. The summed E-state index contributed by atoms with van der Waals surface area (Å²) in [7, 11) is -6.00. The van der Waals surface area contributed by atoms with Crippen molar-refractivity contribution in [1.29, 1.82) is 0 Å². The second-order valence-corrected chi connectivity index (χ2v) is 6.99. The molecule has 2 aromatic heterocycles. The Bertz CT molecular complexity index is 1020. The van der Waals surface area contributed by atoms with Crippen molar-refractivity contribution in [3.63, 3.8) is 0 Å². The zero-order chi connectivity index (χ0) is 21.7. The molecular weight excluding hydrogens is 393 g/mol. The molecule has 0 fully saturated rings. The predicted octanol–water partition coefficient (Wildman–Crippen LogP) is 5.45. The second kappa shape index (κ2) is 9.28. The van der Waals surface area contributed by atoms with Gasteiger partial charge < -0.3 is 22.2 Å². The number of aromatic nitrogens is 2. The van der Waals surface area contributed by atoms with Crippen molar-refractivity contribution >= 4 is 30.2 Å². The SMILES string of the molecule is CCN(CC)c1ccc(/C=C2\CCc3cnc4cccc[n+]4c32)cc1.F[B-](F)(F)F. The monoisotopic (exact) mass is 417 g/mol. The molecule has 30 heavy (non-hydrogen) atoms. The van der Waals surface area contributed by atoms with Crippen LogP contribution in [0.2, 0.25) is 0 Å². The van der Waals surface area contributed by atoms with Gasteiger partial charge in [0.1, 0.15) is 11.9 Å². The third-order valence-corrected chi connectivity index (χ3v) is 5.07. The van der Waals surface area contributed by atoms with Crippen LogP contribution >= 0.6 is 0 Å². The van der Waals surface area contributed by atoms with Crippen molar-refractivity contribution in [3.05, 3.63) is 71.7 Å². The van der Waals surface area contributed by atoms with E-state index in [1.54, 1.807) is 0 Å². The van der Waals surface area contributed by atoms with Gasteiger partial charge in [0.25, 0.3) is 0 Å². The van der Waals surface area contributed by atoms with Crippen LogP contribution < -0.4 is 9.30 Å². The molecule has 0 N–H and O–H groups in total. The Morgan fingerprint density at radius 1 is 1.00 bits per heavy atom. The maximum Gasteiger partial charge on any atom is 0.673 e. The van der Waals surface area contributed by atoms with Gasteiger partial charge >= 0.3 is 12.9 Å². The molecule has 3 aromatic rings. The lowest BCUT2D eigenvalue weighted by Crippen LogP contribution is -2.27. The van der Waals surface area contributed by atoms with Crippen LogP contribution in [0, 0.1) is 0 Å². The summed E-state index contributed by atoms with van der Waals surface area (Å²) < 4.78 is 41.2. The standard InChI is InChI=1S/C22H24N3.BF4/c1-3-24(4-2)20-12-8-17(9-13-20)15-18-10-11-19-16-23-21-7-5-6-14-25(21)22(18)19;2-1(3,4)5/h5-9,12-16H,3-4,10-11H2,1-2H3;/q+1;-1. The third-order valence-electron chi connectivity index (χ3n) is 5.07. The molecule has 0 aliphatic heterocycles. The van der Waals surface area contributed by atoms with E-state index < -0.39 is 7.25 Å². The van der Waals surface area contributed by atoms with Crippen LogP contribution in [-0.2, 0) is 6.42 Å². The predicted molar refractivity (Wildman–Crippen MR) is 114 cm³/mol. The number of pyridine rings is 1. The summed E-state index contributed by atoms with van der Waals surface area (Å²) in [4.78, 5) is 6.95. The largest absolute Gasteiger partial charge is 0.673 e. The van der Waals surface area contributed by atoms with Gasteiger partial charge in [-0.2, -0.15) is 4.40 Å². The van der Waals surface area contributed by atoms with Gasteiger partial charge in [0.2, 0.25) is 0 Å². The van der Waals surface area contributed by atoms with E-state index in [9.17, 15) is 17.3 Å². The van der Waals surface area contributed by atoms with Crippen molar-refractivity contribution in [3.8, 4) is 0 Å². The van der Waals surface area contributed by atoms with E-state index >= 15 is 0 Å². The van der Waals surface area contributed by atoms with Crippen LogP contribution in [-0.4, -0.2) is 25.3 Å². The lowest BCUT2D eigenvalue weighted by Gasteiger charge is -2.20. The zero-order valence-corrected chi connectivity index (χ0v) is 17.0. The molecule has 1 aliphatic carbocycles. The minimum atomic E-state index is -6.00. The Hall–Kier alpha value is -2.90. The number of nitrogens with zero attached hydrogens (tertiary/aromatic N) is 3. The van der Waals surface area contributed by atoms with Crippen LogP contribution in [0.4, 0.5) is 23.0 Å². The highest BCUT2D eigenvalue weighted by atomic mass is 19.5. The van der Waals surface area contributed by atoms with Crippen LogP contribution in [0.25, 0.3) is 17.3 Å². The number of anilines is 1. The number of aryl methyl sites for hydroxylation is 1. The topological polar surface area (TPSA) is 20.2 Å². The number of benzene rings is 1. The molecule has 0 atom stereocenters. The van der Waals surface area contributed by atoms with E-state index in [0.29, 0.717) is 0 Å². The van der Waals surface area contributed by atoms with Gasteiger partial charge in [-0.05, 0) is 61.5 Å². The highest BCUT2D eigenvalue weighted by Crippen LogP contribution is 2.31. The van der Waals surface area contributed by atoms with Crippen molar-refractivity contribution in [2.75, 3.05) is 18.0 Å². The molecule has 1 aromatic carbocycles. The number of halogens is 4. The van der Waals surface area contributed by atoms with E-state index in [0.717, 1.165) is 31.6 Å². The van der Waals surface area contributed by atoms with Gasteiger partial charge in [-0.1, -0.05) is 18.2 Å². The van der Waals surface area contributed by atoms with Crippen molar-refractivity contribution in [1.82, 2.24) is 4.98 Å². The summed E-state index contributed by atoms with van der Waals surface area (Å²) in [6.07, 6.45) is 8.63. The van der Waals surface area contributed by atoms with Gasteiger partial charge in [0.05, 0.1) is 6.20 Å². The second-order valence-electron chi connectivity index (χ2n) is 6.99. The fraction of sp³-hybridized carbons (Fsp3) is 0.273. The molecule has 0 radical (unpaired) electrons. The molecule has 1 aliphatic rings. The molecule has 4 rings (SSSR count). The van der Waals surface area contributed by atoms with E-state index in [2.05, 4.69) is 76.8 Å². The number of allylic oxidation sites excluding steroid dienone is 1. The first-order chi connectivity index (χ1) is 14.3. The van der Waals surface area contributed by atoms with E-state index in [1.165, 1.54) is 28.1 Å². The Kier molecular flexibility index (Phi) is 6.75. The molecule has 0 saturated carbocycles. The summed E-state index contributed by atoms with van der Waals surface area (Å²) in [5, 5.41) is 0. The van der Waals surface area contributed by atoms with Gasteiger partial charge in [-0.3, -0.25) is 0 Å². The van der Waals surface area contributed by atoms with Crippen LogP contribution in [0.1, 0.15) is 37.1 Å². The smallest absolute Gasteiger partial charge is 0.418 e. The lowest BCUT2D eigenvalue weighted by atomic mass is 10.1. The molecule has 0 bridgehead atoms. The number of hydrogen-bond acceptors (Lipinski definition) is 2. The molecule has 0 unspecified atom stereocenters. The molecular formula is C22H24BF4N3. The molecule has 2 heterocycles. The zero-order valence-electron chi connectivity index (χ0n) is 17.0. The highest BCUT2D eigenvalue weighted by molar-refractivity contribution is 6.50. The Morgan fingerprint density at radius 2 is 1.67 bits per heavy atom. The first-order valence-electron chi connectivity index (χ1n) is 10.0. The van der Waals surface area contributed by atoms with Crippen LogP contribution in [0.3, 0.4) is 0 Å². The van der Waals surface area contributed by atoms with Gasteiger partial charge in [-0.25, -0.2) is 0 Å². The fourth-order valence-electron chi connectivity index (χ4n) is 3.73. The number of hydrogen-bond donors (Lipinski definition) is 0. The first-order valence-corrected chi connectivity index (χ1v) is 10.0. The van der Waals surface area contributed by atoms with Gasteiger partial charge in [-0.15, -0.1) is 0 Å². The Morgan fingerprint density at radius 3 is 2.30 bits per heavy atom. The van der Waals surface area contributed by atoms with Crippen LogP contribution in [0.5, 0.6) is 0 Å². The molecule has 0 amide bonds. The molecule has 0 saturated heterocycles. The van der Waals surface area contributed by atoms with Crippen LogP contribution in [0.15, 0.2) is 54.9 Å². The molecule has 3 nitrogen and oxygen atoms in total. The van der Waals surface area contributed by atoms with Crippen molar-refractivity contribution in [2.24, 2.45) is 0 Å². The van der Waals surface area contributed by atoms with Crippen molar-refractivity contribution in [2.45, 2.75) is 26.7 Å². The minimum Gasteiger partial charge on any atom is -0.418 e. The number of fused-ring (bicyclic) bond motifs is 3. The van der Waals surface area contributed by atoms with E-state index in [-0.39, 0.29) is 0 Å². The highest BCUT2D eigenvalue weighted by Gasteiger charge is 2.25. The van der Waals surface area contributed by atoms with E-state index in [4.69, 9.17) is 0 Å². The summed E-state index contributed by atoms with van der Waals surface area (Å²) in [5.74, 6) is 0. The first kappa shape index (κ1) is 21.8. The molecule has 0 spiro atoms. The maximum atomic E-state index is 9.75. The summed E-state index contributed by atoms with van der Waals surface area (Å²) in [6.45, 7) is 6.48. The quantitative estimate of drug-likeness (QED) is 0.320. The van der Waals surface area contributed by atoms with E-state index in [1.807, 2.05) is 12.3 Å². The summed E-state index contributed by atoms with van der Waals surface area (Å²) in [5.41, 5.74) is 7.62. The van der Waals surface area contributed by atoms with Gasteiger partial charge in [0, 0.05) is 36.0 Å². The number of rotatable bonds is 4. The average molecular weight is 417 g/mol. The summed E-state index contributed by atoms with van der Waals surface area (Å²) in [6, 6.07) is 15.1. The average Bonchev–Trinajstić information content (AvgIpc) is 3.12. The summed E-state index contributed by atoms with van der Waals surface area (Å²) >= 11 is 0. The fourth-order valence-corrected chi connectivity index (χ4v) is 3.73. The maximum absolute atomic E-state index is 9.75. The minimum absolute atomic E-state index is 1.01. The molecule has 158 valence electrons. The normalized spacial score (nSPS) is 14.4. The Labute approximate surface area is 173 Å². The molecule has 8 heteroatoms. The van der Waals surface area contributed by atoms with Crippen molar-refractivity contribution < 1.29 is 21.7 Å².